The van der Waals surface area contributed by atoms with Crippen LogP contribution in [0, 0.1) is 19.8 Å². The lowest BCUT2D eigenvalue weighted by molar-refractivity contribution is -0.121. The van der Waals surface area contributed by atoms with Crippen molar-refractivity contribution in [2.75, 3.05) is 23.6 Å². The summed E-state index contributed by atoms with van der Waals surface area (Å²) >= 11 is 6.12. The van der Waals surface area contributed by atoms with E-state index in [4.69, 9.17) is 21.1 Å². The lowest BCUT2D eigenvalue weighted by Crippen LogP contribution is -2.39. The Morgan fingerprint density at radius 1 is 0.867 bits per heavy atom. The third-order valence-electron chi connectivity index (χ3n) is 7.79. The van der Waals surface area contributed by atoms with Gasteiger partial charge in [0.05, 0.1) is 42.0 Å². The molecule has 2 aliphatic heterocycles. The number of ether oxygens (including phenoxy) is 2. The molecule has 0 bridgehead atoms. The van der Waals surface area contributed by atoms with E-state index in [2.05, 4.69) is 10.2 Å². The number of rotatable bonds is 8. The minimum atomic E-state index is -1.26. The number of esters is 1. The maximum Gasteiger partial charge on any atom is 0.359 e. The molecule has 3 heterocycles. The molecule has 1 aromatic heterocycles. The van der Waals surface area contributed by atoms with Gasteiger partial charge in [-0.1, -0.05) is 29.3 Å². The predicted molar refractivity (Wildman–Crippen MR) is 167 cm³/mol. The molecule has 6 rings (SSSR count). The molecule has 2 atom stereocenters. The summed E-state index contributed by atoms with van der Waals surface area (Å²) in [5.74, 6) is -3.41. The number of carbonyl (C=O) groups excluding carboxylic acids is 4. The number of hydrogen-bond donors (Lipinski definition) is 0. The summed E-state index contributed by atoms with van der Waals surface area (Å²) in [6, 6.07) is 19.2. The molecular formula is C33H28ClN5O6. The Morgan fingerprint density at radius 3 is 2.11 bits per heavy atom. The molecule has 3 aromatic carbocycles. The van der Waals surface area contributed by atoms with Gasteiger partial charge in [-0.3, -0.25) is 19.4 Å². The summed E-state index contributed by atoms with van der Waals surface area (Å²) in [5, 5.41) is 10.9. The first-order chi connectivity index (χ1) is 21.6. The minimum Gasteiger partial charge on any atom is -0.497 e. The summed E-state index contributed by atoms with van der Waals surface area (Å²) in [6.07, 6.45) is 0. The summed E-state index contributed by atoms with van der Waals surface area (Å²) in [6.45, 7) is 5.30. The monoisotopic (exact) mass is 625 g/mol. The zero-order valence-electron chi connectivity index (χ0n) is 24.9. The highest BCUT2D eigenvalue weighted by atomic mass is 35.5. The Bertz CT molecular complexity index is 1870. The zero-order chi connectivity index (χ0) is 32.0. The fraction of sp³-hybridized carbons (Fsp3) is 0.212. The van der Waals surface area contributed by atoms with E-state index in [0.29, 0.717) is 33.5 Å². The standard InChI is InChI=1S/C33H28ClN5O6/c1-5-45-33(43)28-25(19(3)38(36-28)22-10-6-18(2)7-11-22)30(40)27-26-29(39(35-27)23-12-8-20(34)9-13-23)32(42)37(31(26)41)21-14-16-24(44-4)17-15-21/h6-17,26,29H,5H2,1-4H3/t26-,29+/m0/s1. The van der Waals surface area contributed by atoms with Gasteiger partial charge in [-0.05, 0) is 81.4 Å². The molecule has 1 fully saturated rings. The van der Waals surface area contributed by atoms with Crippen LogP contribution in [0.4, 0.5) is 11.4 Å². The number of hydrazone groups is 1. The van der Waals surface area contributed by atoms with Gasteiger partial charge in [0.15, 0.2) is 5.69 Å². The van der Waals surface area contributed by atoms with E-state index in [1.807, 2.05) is 31.2 Å². The molecule has 1 saturated heterocycles. The lowest BCUT2D eigenvalue weighted by atomic mass is 9.91. The molecule has 0 saturated carbocycles. The molecule has 0 N–H and O–H groups in total. The van der Waals surface area contributed by atoms with Crippen molar-refractivity contribution in [2.24, 2.45) is 11.0 Å². The molecule has 11 nitrogen and oxygen atoms in total. The fourth-order valence-electron chi connectivity index (χ4n) is 5.58. The van der Waals surface area contributed by atoms with Crippen LogP contribution >= 0.6 is 11.6 Å². The molecule has 12 heteroatoms. The zero-order valence-corrected chi connectivity index (χ0v) is 25.6. The van der Waals surface area contributed by atoms with Crippen molar-refractivity contribution >= 4 is 52.3 Å². The van der Waals surface area contributed by atoms with E-state index < -0.39 is 35.5 Å². The van der Waals surface area contributed by atoms with Gasteiger partial charge in [-0.2, -0.15) is 10.2 Å². The van der Waals surface area contributed by atoms with Crippen LogP contribution in [0.2, 0.25) is 5.02 Å². The van der Waals surface area contributed by atoms with Crippen molar-refractivity contribution in [1.29, 1.82) is 0 Å². The van der Waals surface area contributed by atoms with Crippen LogP contribution in [0.3, 0.4) is 0 Å². The maximum atomic E-state index is 14.5. The van der Waals surface area contributed by atoms with Crippen LogP contribution in [0.15, 0.2) is 77.9 Å². The summed E-state index contributed by atoms with van der Waals surface area (Å²) in [4.78, 5) is 56.8. The van der Waals surface area contributed by atoms with Crippen molar-refractivity contribution in [3.63, 3.8) is 0 Å². The number of nitrogens with zero attached hydrogens (tertiary/aromatic N) is 5. The SMILES string of the molecule is CCOC(=O)c1nn(-c2ccc(C)cc2)c(C)c1C(=O)C1=NN(c2ccc(Cl)cc2)[C@H]2C(=O)N(c3ccc(OC)cc3)C(=O)[C@@H]12. The van der Waals surface area contributed by atoms with Crippen molar-refractivity contribution in [2.45, 2.75) is 26.8 Å². The third-order valence-corrected chi connectivity index (χ3v) is 8.05. The highest BCUT2D eigenvalue weighted by Gasteiger charge is 2.59. The molecule has 4 aromatic rings. The van der Waals surface area contributed by atoms with Gasteiger partial charge < -0.3 is 9.47 Å². The van der Waals surface area contributed by atoms with Crippen molar-refractivity contribution in [3.8, 4) is 11.4 Å². The summed E-state index contributed by atoms with van der Waals surface area (Å²) in [7, 11) is 1.51. The molecule has 0 radical (unpaired) electrons. The number of aromatic nitrogens is 2. The van der Waals surface area contributed by atoms with Gasteiger partial charge in [0.1, 0.15) is 23.4 Å². The molecular weight excluding hydrogens is 598 g/mol. The lowest BCUT2D eigenvalue weighted by Gasteiger charge is -2.22. The van der Waals surface area contributed by atoms with Crippen LogP contribution in [0.5, 0.6) is 5.75 Å². The molecule has 228 valence electrons. The average Bonchev–Trinajstić information content (AvgIpc) is 3.68. The number of amides is 2. The molecule has 2 aliphatic rings. The normalized spacial score (nSPS) is 17.4. The Kier molecular flexibility index (Phi) is 7.71. The van der Waals surface area contributed by atoms with E-state index in [1.165, 1.54) is 16.8 Å². The molecule has 2 amide bonds. The van der Waals surface area contributed by atoms with Gasteiger partial charge in [-0.15, -0.1) is 0 Å². The third kappa shape index (κ3) is 5.04. The summed E-state index contributed by atoms with van der Waals surface area (Å²) < 4.78 is 12.0. The number of Topliss-reactive ketones (excluding diaryl/α,β-unsaturated/α-hetero) is 1. The summed E-state index contributed by atoms with van der Waals surface area (Å²) in [5.41, 5.74) is 2.28. The van der Waals surface area contributed by atoms with Crippen LogP contribution in [0.25, 0.3) is 5.69 Å². The number of anilines is 2. The van der Waals surface area contributed by atoms with Gasteiger partial charge in [-0.25, -0.2) is 14.4 Å². The van der Waals surface area contributed by atoms with E-state index in [9.17, 15) is 19.2 Å². The second-order valence-corrected chi connectivity index (χ2v) is 11.0. The van der Waals surface area contributed by atoms with Crippen molar-refractivity contribution < 1.29 is 28.7 Å². The number of ketones is 1. The second-order valence-electron chi connectivity index (χ2n) is 10.5. The first-order valence-electron chi connectivity index (χ1n) is 14.2. The Balaban J connectivity index is 1.49. The molecule has 45 heavy (non-hydrogen) atoms. The number of aryl methyl sites for hydroxylation is 1. The van der Waals surface area contributed by atoms with Gasteiger partial charge >= 0.3 is 5.97 Å². The number of hydrogen-bond acceptors (Lipinski definition) is 9. The largest absolute Gasteiger partial charge is 0.497 e. The number of benzene rings is 3. The second kappa shape index (κ2) is 11.7. The average molecular weight is 626 g/mol. The number of imide groups is 1. The number of methoxy groups -OCH3 is 1. The maximum absolute atomic E-state index is 14.5. The highest BCUT2D eigenvalue weighted by molar-refractivity contribution is 6.54. The van der Waals surface area contributed by atoms with Gasteiger partial charge in [0.25, 0.3) is 5.91 Å². The molecule has 0 spiro atoms. The smallest absolute Gasteiger partial charge is 0.359 e. The van der Waals surface area contributed by atoms with Crippen LogP contribution in [-0.4, -0.2) is 58.8 Å². The van der Waals surface area contributed by atoms with Crippen molar-refractivity contribution in [3.05, 3.63) is 100 Å². The Morgan fingerprint density at radius 2 is 1.49 bits per heavy atom. The first-order valence-corrected chi connectivity index (χ1v) is 14.6. The number of halogens is 1. The number of fused-ring (bicyclic) bond motifs is 1. The van der Waals surface area contributed by atoms with Crippen LogP contribution in [0.1, 0.15) is 39.0 Å². The first kappa shape index (κ1) is 29.8. The van der Waals surface area contributed by atoms with Crippen LogP contribution < -0.4 is 14.6 Å². The van der Waals surface area contributed by atoms with Crippen LogP contribution in [-0.2, 0) is 14.3 Å². The van der Waals surface area contributed by atoms with Gasteiger partial charge in [0, 0.05) is 5.02 Å². The van der Waals surface area contributed by atoms with Gasteiger partial charge in [0.2, 0.25) is 11.7 Å². The topological polar surface area (TPSA) is 123 Å². The van der Waals surface area contributed by atoms with E-state index in [1.54, 1.807) is 62.4 Å². The number of carbonyl (C=O) groups is 4. The molecule has 0 unspecified atom stereocenters. The molecule has 0 aliphatic carbocycles. The van der Waals surface area contributed by atoms with E-state index in [-0.39, 0.29) is 23.6 Å². The minimum absolute atomic E-state index is 0.0582. The predicted octanol–water partition coefficient (Wildman–Crippen LogP) is 4.94. The Hall–Kier alpha value is -5.29. The quantitative estimate of drug-likeness (QED) is 0.153. The van der Waals surface area contributed by atoms with Crippen molar-refractivity contribution in [1.82, 2.24) is 9.78 Å². The fourth-order valence-corrected chi connectivity index (χ4v) is 5.70. The van der Waals surface area contributed by atoms with E-state index >= 15 is 0 Å². The highest BCUT2D eigenvalue weighted by Crippen LogP contribution is 2.39. The Labute approximate surface area is 263 Å². The van der Waals surface area contributed by atoms with E-state index in [0.717, 1.165) is 10.5 Å².